The molecule has 2 aromatic rings. The molecule has 8 nitrogen and oxygen atoms in total. The Labute approximate surface area is 205 Å². The summed E-state index contributed by atoms with van der Waals surface area (Å²) in [6, 6.07) is 11.4. The van der Waals surface area contributed by atoms with Gasteiger partial charge >= 0.3 is 0 Å². The first kappa shape index (κ1) is 24.6. The Morgan fingerprint density at radius 2 is 2.15 bits per heavy atom. The van der Waals surface area contributed by atoms with Gasteiger partial charge in [0, 0.05) is 31.7 Å². The molecule has 34 heavy (non-hydrogen) atoms. The molecule has 184 valence electrons. The summed E-state index contributed by atoms with van der Waals surface area (Å²) in [6.07, 6.45) is 0.987. The Kier molecular flexibility index (Phi) is 8.15. The monoisotopic (exact) mass is 489 g/mol. The second kappa shape index (κ2) is 11.3. The molecule has 3 atom stereocenters. The smallest absolute Gasteiger partial charge is 0.255 e. The first-order valence-corrected chi connectivity index (χ1v) is 11.9. The van der Waals surface area contributed by atoms with Gasteiger partial charge in [0.05, 0.1) is 55.4 Å². The van der Waals surface area contributed by atoms with Gasteiger partial charge in [-0.15, -0.1) is 0 Å². The maximum Gasteiger partial charge on any atom is 0.255 e. The van der Waals surface area contributed by atoms with Crippen molar-refractivity contribution in [3.05, 3.63) is 52.5 Å². The van der Waals surface area contributed by atoms with Crippen LogP contribution in [-0.2, 0) is 16.1 Å². The molecular formula is C25H32ClN3O5. The van der Waals surface area contributed by atoms with Gasteiger partial charge in [0.15, 0.2) is 0 Å². The molecule has 2 aromatic carbocycles. The summed E-state index contributed by atoms with van der Waals surface area (Å²) >= 11 is 6.12. The molecule has 2 heterocycles. The summed E-state index contributed by atoms with van der Waals surface area (Å²) in [7, 11) is 1.66. The van der Waals surface area contributed by atoms with Crippen molar-refractivity contribution in [3.8, 4) is 11.5 Å². The Hall–Kier alpha value is -2.52. The van der Waals surface area contributed by atoms with Gasteiger partial charge in [0.2, 0.25) is 0 Å². The highest BCUT2D eigenvalue weighted by Gasteiger charge is 2.38. The number of amides is 1. The predicted molar refractivity (Wildman–Crippen MR) is 131 cm³/mol. The fourth-order valence-electron chi connectivity index (χ4n) is 4.44. The molecular weight excluding hydrogens is 458 g/mol. The zero-order valence-electron chi connectivity index (χ0n) is 19.6. The standard InChI is InChI=1S/C25H32ClN3O5/c1-3-32-24-10-23(27)22(26)9-21(24)25(30)28-11-20-13-29-12-19(8-17(29)15-34-20)33-14-16-5-4-6-18(7-16)31-2/h4-7,9-10,17,19-20H,3,8,11-15,27H2,1-2H3,(H,28,30)/t17-,19-,20+/m1/s1. The number of rotatable bonds is 9. The second-order valence-electron chi connectivity index (χ2n) is 8.60. The number of morpholine rings is 1. The zero-order valence-corrected chi connectivity index (χ0v) is 20.3. The van der Waals surface area contributed by atoms with E-state index in [0.717, 1.165) is 30.8 Å². The zero-order chi connectivity index (χ0) is 24.1. The van der Waals surface area contributed by atoms with Crippen LogP contribution in [0.15, 0.2) is 36.4 Å². The number of ether oxygens (including phenoxy) is 4. The molecule has 0 bridgehead atoms. The second-order valence-corrected chi connectivity index (χ2v) is 9.00. The van der Waals surface area contributed by atoms with E-state index >= 15 is 0 Å². The van der Waals surface area contributed by atoms with E-state index in [9.17, 15) is 4.79 Å². The molecule has 0 aliphatic carbocycles. The number of nitrogens with two attached hydrogens (primary N) is 1. The third kappa shape index (κ3) is 5.93. The fraction of sp³-hybridized carbons (Fsp3) is 0.480. The van der Waals surface area contributed by atoms with E-state index in [1.165, 1.54) is 0 Å². The summed E-state index contributed by atoms with van der Waals surface area (Å²) in [5.74, 6) is 0.983. The predicted octanol–water partition coefficient (Wildman–Crippen LogP) is 3.12. The number of hydrogen-bond acceptors (Lipinski definition) is 7. The Morgan fingerprint density at radius 1 is 1.29 bits per heavy atom. The summed E-state index contributed by atoms with van der Waals surface area (Å²) in [5, 5.41) is 3.27. The SMILES string of the molecule is CCOc1cc(N)c(Cl)cc1C(=O)NC[C@H]1CN2C[C@H](OCc3cccc(OC)c3)C[C@@H]2CO1. The number of fused-ring (bicyclic) bond motifs is 1. The first-order chi connectivity index (χ1) is 16.5. The lowest BCUT2D eigenvalue weighted by Gasteiger charge is -2.35. The number of hydrogen-bond donors (Lipinski definition) is 2. The van der Waals surface area contributed by atoms with Crippen molar-refractivity contribution in [1.82, 2.24) is 10.2 Å². The lowest BCUT2D eigenvalue weighted by Crippen LogP contribution is -2.50. The normalized spacial score (nSPS) is 22.3. The first-order valence-electron chi connectivity index (χ1n) is 11.6. The Balaban J connectivity index is 1.27. The number of carbonyl (C=O) groups is 1. The summed E-state index contributed by atoms with van der Waals surface area (Å²) < 4.78 is 23.1. The lowest BCUT2D eigenvalue weighted by atomic mass is 10.1. The molecule has 2 aliphatic heterocycles. The van der Waals surface area contributed by atoms with Gasteiger partial charge in [0.25, 0.3) is 5.91 Å². The number of nitrogen functional groups attached to an aromatic ring is 1. The molecule has 2 saturated heterocycles. The van der Waals surface area contributed by atoms with Gasteiger partial charge in [-0.3, -0.25) is 9.69 Å². The molecule has 2 aliphatic rings. The van der Waals surface area contributed by atoms with Crippen molar-refractivity contribution in [2.75, 3.05) is 45.7 Å². The van der Waals surface area contributed by atoms with Crippen LogP contribution in [0.25, 0.3) is 0 Å². The molecule has 0 saturated carbocycles. The van der Waals surface area contributed by atoms with Crippen LogP contribution in [0.2, 0.25) is 5.02 Å². The number of methoxy groups -OCH3 is 1. The number of anilines is 1. The van der Waals surface area contributed by atoms with E-state index in [0.29, 0.717) is 54.4 Å². The van der Waals surface area contributed by atoms with E-state index in [2.05, 4.69) is 10.2 Å². The van der Waals surface area contributed by atoms with Crippen LogP contribution in [0.5, 0.6) is 11.5 Å². The molecule has 0 aromatic heterocycles. The summed E-state index contributed by atoms with van der Waals surface area (Å²) in [5.41, 5.74) is 7.69. The van der Waals surface area contributed by atoms with Crippen LogP contribution in [0.1, 0.15) is 29.3 Å². The minimum Gasteiger partial charge on any atom is -0.497 e. The summed E-state index contributed by atoms with van der Waals surface area (Å²) in [6.45, 7) is 5.43. The number of nitrogens with zero attached hydrogens (tertiary/aromatic N) is 1. The van der Waals surface area contributed by atoms with Gasteiger partial charge in [-0.25, -0.2) is 0 Å². The average molecular weight is 490 g/mol. The van der Waals surface area contributed by atoms with Gasteiger partial charge in [-0.05, 0) is 37.1 Å². The molecule has 9 heteroatoms. The summed E-state index contributed by atoms with van der Waals surface area (Å²) in [4.78, 5) is 15.2. The number of halogens is 1. The maximum absolute atomic E-state index is 12.8. The number of nitrogens with one attached hydrogen (secondary N) is 1. The van der Waals surface area contributed by atoms with Gasteiger partial charge < -0.3 is 30.0 Å². The molecule has 0 unspecified atom stereocenters. The highest BCUT2D eigenvalue weighted by Crippen LogP contribution is 2.29. The third-order valence-electron chi connectivity index (χ3n) is 6.21. The highest BCUT2D eigenvalue weighted by atomic mass is 35.5. The molecule has 0 spiro atoms. The van der Waals surface area contributed by atoms with E-state index in [-0.39, 0.29) is 18.1 Å². The third-order valence-corrected chi connectivity index (χ3v) is 6.53. The van der Waals surface area contributed by atoms with Crippen molar-refractivity contribution < 1.29 is 23.7 Å². The minimum atomic E-state index is -0.267. The van der Waals surface area contributed by atoms with Crippen molar-refractivity contribution in [1.29, 1.82) is 0 Å². The van der Waals surface area contributed by atoms with Crippen molar-refractivity contribution >= 4 is 23.2 Å². The molecule has 2 fully saturated rings. The molecule has 1 amide bonds. The van der Waals surface area contributed by atoms with Crippen LogP contribution in [0.3, 0.4) is 0 Å². The highest BCUT2D eigenvalue weighted by molar-refractivity contribution is 6.33. The van der Waals surface area contributed by atoms with Gasteiger partial charge in [-0.1, -0.05) is 23.7 Å². The van der Waals surface area contributed by atoms with E-state index in [1.54, 1.807) is 19.2 Å². The van der Waals surface area contributed by atoms with Crippen molar-refractivity contribution in [2.45, 2.75) is 38.2 Å². The van der Waals surface area contributed by atoms with Crippen LogP contribution < -0.4 is 20.5 Å². The van der Waals surface area contributed by atoms with Gasteiger partial charge in [0.1, 0.15) is 11.5 Å². The van der Waals surface area contributed by atoms with Crippen LogP contribution in [0, 0.1) is 0 Å². The maximum atomic E-state index is 12.8. The molecule has 0 radical (unpaired) electrons. The molecule has 3 N–H and O–H groups in total. The lowest BCUT2D eigenvalue weighted by molar-refractivity contribution is -0.0466. The van der Waals surface area contributed by atoms with Crippen LogP contribution in [0.4, 0.5) is 5.69 Å². The molecule has 4 rings (SSSR count). The van der Waals surface area contributed by atoms with E-state index in [1.807, 2.05) is 31.2 Å². The van der Waals surface area contributed by atoms with E-state index in [4.69, 9.17) is 36.3 Å². The van der Waals surface area contributed by atoms with Crippen molar-refractivity contribution in [3.63, 3.8) is 0 Å². The van der Waals surface area contributed by atoms with Gasteiger partial charge in [-0.2, -0.15) is 0 Å². The minimum absolute atomic E-state index is 0.0999. The van der Waals surface area contributed by atoms with Crippen molar-refractivity contribution in [2.24, 2.45) is 0 Å². The number of carbonyl (C=O) groups excluding carboxylic acids is 1. The topological polar surface area (TPSA) is 95.3 Å². The Bertz CT molecular complexity index is 1000. The van der Waals surface area contributed by atoms with Crippen LogP contribution in [-0.4, -0.2) is 69.0 Å². The van der Waals surface area contributed by atoms with E-state index < -0.39 is 0 Å². The quantitative estimate of drug-likeness (QED) is 0.522. The van der Waals surface area contributed by atoms with Crippen LogP contribution >= 0.6 is 11.6 Å². The Morgan fingerprint density at radius 3 is 2.94 bits per heavy atom. The number of benzene rings is 2. The fourth-order valence-corrected chi connectivity index (χ4v) is 4.60. The average Bonchev–Trinajstić information content (AvgIpc) is 3.26. The largest absolute Gasteiger partial charge is 0.497 e.